The summed E-state index contributed by atoms with van der Waals surface area (Å²) in [6, 6.07) is 0. The third-order valence-electron chi connectivity index (χ3n) is 1.75. The molecular formula is C10H16BrNO2. The van der Waals surface area contributed by atoms with Crippen molar-refractivity contribution in [3.05, 3.63) is 12.3 Å². The van der Waals surface area contributed by atoms with Gasteiger partial charge in [0.1, 0.15) is 5.60 Å². The number of halogens is 1. The Hall–Kier alpha value is -0.510. The van der Waals surface area contributed by atoms with Crippen LogP contribution in [0, 0.1) is 0 Å². The molecule has 0 bridgehead atoms. The highest BCUT2D eigenvalue weighted by Crippen LogP contribution is 2.17. The number of alkyl halides is 1. The molecule has 1 amide bonds. The highest BCUT2D eigenvalue weighted by atomic mass is 79.9. The zero-order valence-electron chi connectivity index (χ0n) is 8.79. The third-order valence-corrected chi connectivity index (χ3v) is 2.51. The molecule has 0 aliphatic carbocycles. The lowest BCUT2D eigenvalue weighted by Crippen LogP contribution is -2.36. The molecule has 1 atom stereocenters. The van der Waals surface area contributed by atoms with Crippen LogP contribution < -0.4 is 0 Å². The number of carbonyl (C=O) groups is 1. The lowest BCUT2D eigenvalue weighted by atomic mass is 10.2. The SMILES string of the molecule is CC(C)(C)OC(=O)N1C=CC(Br)CC1. The molecule has 3 nitrogen and oxygen atoms in total. The monoisotopic (exact) mass is 261 g/mol. The summed E-state index contributed by atoms with van der Waals surface area (Å²) in [5, 5.41) is 0. The number of carbonyl (C=O) groups excluding carboxylic acids is 1. The normalized spacial score (nSPS) is 22.3. The molecular weight excluding hydrogens is 246 g/mol. The van der Waals surface area contributed by atoms with Gasteiger partial charge in [-0.05, 0) is 27.2 Å². The van der Waals surface area contributed by atoms with Crippen molar-refractivity contribution in [1.29, 1.82) is 0 Å². The Kier molecular flexibility index (Phi) is 3.59. The fourth-order valence-corrected chi connectivity index (χ4v) is 1.44. The Balaban J connectivity index is 2.50. The van der Waals surface area contributed by atoms with Crippen LogP contribution in [-0.2, 0) is 4.74 Å². The van der Waals surface area contributed by atoms with Gasteiger partial charge in [0.25, 0.3) is 0 Å². The zero-order chi connectivity index (χ0) is 10.8. The molecule has 0 N–H and O–H groups in total. The van der Waals surface area contributed by atoms with Crippen LogP contribution in [-0.4, -0.2) is 28.0 Å². The number of allylic oxidation sites excluding steroid dienone is 1. The number of hydrogen-bond donors (Lipinski definition) is 0. The number of rotatable bonds is 0. The number of amides is 1. The Morgan fingerprint density at radius 1 is 1.57 bits per heavy atom. The van der Waals surface area contributed by atoms with Crippen molar-refractivity contribution in [2.45, 2.75) is 37.6 Å². The van der Waals surface area contributed by atoms with Gasteiger partial charge >= 0.3 is 6.09 Å². The average molecular weight is 262 g/mol. The van der Waals surface area contributed by atoms with Crippen molar-refractivity contribution in [3.63, 3.8) is 0 Å². The van der Waals surface area contributed by atoms with E-state index >= 15 is 0 Å². The van der Waals surface area contributed by atoms with Gasteiger partial charge in [-0.15, -0.1) is 0 Å². The van der Waals surface area contributed by atoms with E-state index in [0.717, 1.165) is 6.42 Å². The number of nitrogens with zero attached hydrogens (tertiary/aromatic N) is 1. The Morgan fingerprint density at radius 2 is 2.21 bits per heavy atom. The smallest absolute Gasteiger partial charge is 0.414 e. The molecule has 0 fully saturated rings. The Labute approximate surface area is 93.2 Å². The fraction of sp³-hybridized carbons (Fsp3) is 0.700. The number of ether oxygens (including phenoxy) is 1. The maximum atomic E-state index is 11.6. The van der Waals surface area contributed by atoms with Crippen LogP contribution in [0.25, 0.3) is 0 Å². The van der Waals surface area contributed by atoms with E-state index in [1.807, 2.05) is 26.8 Å². The molecule has 1 rings (SSSR count). The fourth-order valence-electron chi connectivity index (χ4n) is 1.10. The average Bonchev–Trinajstić information content (AvgIpc) is 2.02. The minimum atomic E-state index is -0.420. The van der Waals surface area contributed by atoms with Crippen molar-refractivity contribution in [2.24, 2.45) is 0 Å². The van der Waals surface area contributed by atoms with Crippen molar-refractivity contribution in [3.8, 4) is 0 Å². The summed E-state index contributed by atoms with van der Waals surface area (Å²) in [4.78, 5) is 13.5. The van der Waals surface area contributed by atoms with Crippen LogP contribution in [0.2, 0.25) is 0 Å². The van der Waals surface area contributed by atoms with Gasteiger partial charge < -0.3 is 4.74 Å². The van der Waals surface area contributed by atoms with Crippen molar-refractivity contribution in [2.75, 3.05) is 6.54 Å². The molecule has 0 aromatic rings. The van der Waals surface area contributed by atoms with Crippen molar-refractivity contribution < 1.29 is 9.53 Å². The van der Waals surface area contributed by atoms with E-state index in [2.05, 4.69) is 15.9 Å². The summed E-state index contributed by atoms with van der Waals surface area (Å²) in [5.74, 6) is 0. The van der Waals surface area contributed by atoms with E-state index in [9.17, 15) is 4.79 Å². The maximum Gasteiger partial charge on any atom is 0.414 e. The summed E-state index contributed by atoms with van der Waals surface area (Å²) in [6.45, 7) is 6.31. The molecule has 0 saturated heterocycles. The molecule has 0 aromatic heterocycles. The van der Waals surface area contributed by atoms with Crippen LogP contribution >= 0.6 is 15.9 Å². The van der Waals surface area contributed by atoms with Crippen molar-refractivity contribution >= 4 is 22.0 Å². The minimum absolute atomic E-state index is 0.270. The lowest BCUT2D eigenvalue weighted by Gasteiger charge is -2.27. The number of hydrogen-bond acceptors (Lipinski definition) is 2. The van der Waals surface area contributed by atoms with Gasteiger partial charge in [0.15, 0.2) is 0 Å². The van der Waals surface area contributed by atoms with Gasteiger partial charge in [-0.2, -0.15) is 0 Å². The molecule has 0 spiro atoms. The second-order valence-electron chi connectivity index (χ2n) is 4.32. The first-order chi connectivity index (χ1) is 6.38. The molecule has 1 heterocycles. The van der Waals surface area contributed by atoms with Gasteiger partial charge in [0.05, 0.1) is 0 Å². The summed E-state index contributed by atoms with van der Waals surface area (Å²) in [6.07, 6.45) is 4.38. The highest BCUT2D eigenvalue weighted by Gasteiger charge is 2.22. The van der Waals surface area contributed by atoms with Crippen molar-refractivity contribution in [1.82, 2.24) is 4.90 Å². The van der Waals surface area contributed by atoms with E-state index in [0.29, 0.717) is 11.4 Å². The molecule has 0 radical (unpaired) electrons. The molecule has 4 heteroatoms. The molecule has 0 saturated carbocycles. The van der Waals surface area contributed by atoms with E-state index in [1.165, 1.54) is 0 Å². The topological polar surface area (TPSA) is 29.5 Å². The molecule has 1 aliphatic heterocycles. The second kappa shape index (κ2) is 4.34. The predicted octanol–water partition coefficient (Wildman–Crippen LogP) is 2.90. The second-order valence-corrected chi connectivity index (χ2v) is 5.50. The lowest BCUT2D eigenvalue weighted by molar-refractivity contribution is 0.0328. The van der Waals surface area contributed by atoms with E-state index < -0.39 is 5.60 Å². The minimum Gasteiger partial charge on any atom is -0.443 e. The van der Waals surface area contributed by atoms with Crippen LogP contribution in [0.1, 0.15) is 27.2 Å². The predicted molar refractivity (Wildman–Crippen MR) is 59.4 cm³/mol. The largest absolute Gasteiger partial charge is 0.443 e. The van der Waals surface area contributed by atoms with Crippen LogP contribution in [0.4, 0.5) is 4.79 Å². The Morgan fingerprint density at radius 3 is 2.64 bits per heavy atom. The molecule has 1 aliphatic rings. The quantitative estimate of drug-likeness (QED) is 0.628. The molecule has 80 valence electrons. The first-order valence-electron chi connectivity index (χ1n) is 4.70. The first kappa shape index (κ1) is 11.6. The van der Waals surface area contributed by atoms with E-state index in [4.69, 9.17) is 4.74 Å². The maximum absolute atomic E-state index is 11.6. The van der Waals surface area contributed by atoms with Gasteiger partial charge in [-0.3, -0.25) is 4.90 Å². The van der Waals surface area contributed by atoms with Crippen LogP contribution in [0.15, 0.2) is 12.3 Å². The highest BCUT2D eigenvalue weighted by molar-refractivity contribution is 9.09. The Bertz CT molecular complexity index is 245. The standard InChI is InChI=1S/C10H16BrNO2/c1-10(2,3)14-9(13)12-6-4-8(11)5-7-12/h4,6,8H,5,7H2,1-3H3. The summed E-state index contributed by atoms with van der Waals surface area (Å²) in [7, 11) is 0. The third kappa shape index (κ3) is 3.70. The van der Waals surface area contributed by atoms with Crippen LogP contribution in [0.5, 0.6) is 0 Å². The van der Waals surface area contributed by atoms with Crippen LogP contribution in [0.3, 0.4) is 0 Å². The molecule has 14 heavy (non-hydrogen) atoms. The zero-order valence-corrected chi connectivity index (χ0v) is 10.4. The first-order valence-corrected chi connectivity index (χ1v) is 5.62. The van der Waals surface area contributed by atoms with Gasteiger partial charge in [0, 0.05) is 17.6 Å². The summed E-state index contributed by atoms with van der Waals surface area (Å²) >= 11 is 3.46. The van der Waals surface area contributed by atoms with Gasteiger partial charge in [-0.25, -0.2) is 4.79 Å². The summed E-state index contributed by atoms with van der Waals surface area (Å²) < 4.78 is 5.23. The molecule has 1 unspecified atom stereocenters. The molecule has 0 aromatic carbocycles. The van der Waals surface area contributed by atoms with Gasteiger partial charge in [-0.1, -0.05) is 22.0 Å². The summed E-state index contributed by atoms with van der Waals surface area (Å²) in [5.41, 5.74) is -0.420. The van der Waals surface area contributed by atoms with E-state index in [1.54, 1.807) is 11.1 Å². The van der Waals surface area contributed by atoms with E-state index in [-0.39, 0.29) is 6.09 Å². The van der Waals surface area contributed by atoms with Gasteiger partial charge in [0.2, 0.25) is 0 Å².